The largest absolute Gasteiger partial charge is 0.463 e. The van der Waals surface area contributed by atoms with Gasteiger partial charge in [-0.2, -0.15) is 0 Å². The molecule has 0 aromatic heterocycles. The van der Waals surface area contributed by atoms with Crippen molar-refractivity contribution in [3.8, 4) is 0 Å². The Kier molecular flexibility index (Phi) is 5.50. The summed E-state index contributed by atoms with van der Waals surface area (Å²) in [6, 6.07) is 0. The smallest absolute Gasteiger partial charge is 0.438 e. The fraction of sp³-hybridized carbons (Fsp3) is 0.667. The number of hydroxylamine groups is 1. The van der Waals surface area contributed by atoms with Gasteiger partial charge in [0.2, 0.25) is 0 Å². The Hall–Kier alpha value is -1.46. The van der Waals surface area contributed by atoms with Crippen molar-refractivity contribution in [3.05, 3.63) is 0 Å². The molecule has 0 aliphatic carbocycles. The van der Waals surface area contributed by atoms with Gasteiger partial charge < -0.3 is 15.3 Å². The highest BCUT2D eigenvalue weighted by atomic mass is 16.7. The van der Waals surface area contributed by atoms with Crippen LogP contribution in [0.3, 0.4) is 0 Å². The van der Waals surface area contributed by atoms with E-state index in [0.717, 1.165) is 12.8 Å². The van der Waals surface area contributed by atoms with Crippen LogP contribution >= 0.6 is 0 Å². The summed E-state index contributed by atoms with van der Waals surface area (Å²) in [6.07, 6.45) is -0.402. The lowest BCUT2D eigenvalue weighted by atomic mass is 10.3. The van der Waals surface area contributed by atoms with E-state index in [2.05, 4.69) is 10.2 Å². The van der Waals surface area contributed by atoms with E-state index in [4.69, 9.17) is 5.11 Å². The van der Waals surface area contributed by atoms with E-state index in [-0.39, 0.29) is 0 Å². The Morgan fingerprint density at radius 1 is 1.50 bits per heavy atom. The van der Waals surface area contributed by atoms with Gasteiger partial charge in [0, 0.05) is 6.54 Å². The lowest BCUT2D eigenvalue weighted by Gasteiger charge is -2.03. The molecule has 0 aromatic carbocycles. The van der Waals surface area contributed by atoms with Crippen molar-refractivity contribution >= 4 is 12.2 Å². The lowest BCUT2D eigenvalue weighted by molar-refractivity contribution is 0.0811. The molecule has 0 heterocycles. The summed E-state index contributed by atoms with van der Waals surface area (Å²) in [6.45, 7) is 2.46. The molecule has 12 heavy (non-hydrogen) atoms. The second-order valence-corrected chi connectivity index (χ2v) is 2.08. The van der Waals surface area contributed by atoms with E-state index in [9.17, 15) is 9.59 Å². The summed E-state index contributed by atoms with van der Waals surface area (Å²) in [5, 5.41) is 10.4. The van der Waals surface area contributed by atoms with Crippen LogP contribution in [-0.4, -0.2) is 23.8 Å². The third-order valence-corrected chi connectivity index (χ3v) is 1.03. The number of carbonyl (C=O) groups is 2. The van der Waals surface area contributed by atoms with E-state index in [1.54, 1.807) is 0 Å². The van der Waals surface area contributed by atoms with Gasteiger partial charge in [-0.3, -0.25) is 0 Å². The summed E-state index contributed by atoms with van der Waals surface area (Å²) in [5.74, 6) is 0. The summed E-state index contributed by atoms with van der Waals surface area (Å²) in [5.41, 5.74) is 1.48. The van der Waals surface area contributed by atoms with Gasteiger partial charge in [-0.05, 0) is 6.42 Å². The van der Waals surface area contributed by atoms with Crippen molar-refractivity contribution in [1.82, 2.24) is 10.8 Å². The third kappa shape index (κ3) is 6.66. The molecule has 0 fully saturated rings. The molecule has 0 atom stereocenters. The number of hydrogen-bond acceptors (Lipinski definition) is 3. The molecule has 0 saturated heterocycles. The predicted octanol–water partition coefficient (Wildman–Crippen LogP) is 0.695. The highest BCUT2D eigenvalue weighted by Crippen LogP contribution is 1.82. The fourth-order valence-corrected chi connectivity index (χ4v) is 0.493. The van der Waals surface area contributed by atoms with E-state index >= 15 is 0 Å². The first-order chi connectivity index (χ1) is 5.66. The quantitative estimate of drug-likeness (QED) is 0.436. The highest BCUT2D eigenvalue weighted by Gasteiger charge is 2.02. The second-order valence-electron chi connectivity index (χ2n) is 2.08. The van der Waals surface area contributed by atoms with Crippen LogP contribution in [0.4, 0.5) is 9.59 Å². The molecule has 0 aliphatic rings. The van der Waals surface area contributed by atoms with E-state index in [0.29, 0.717) is 6.54 Å². The van der Waals surface area contributed by atoms with Crippen LogP contribution in [0.5, 0.6) is 0 Å². The first kappa shape index (κ1) is 10.5. The predicted molar refractivity (Wildman–Crippen MR) is 40.6 cm³/mol. The van der Waals surface area contributed by atoms with Crippen molar-refractivity contribution in [2.45, 2.75) is 19.8 Å². The standard InChI is InChI=1S/C6H12N2O4/c1-2-3-4-7-6(11)12-8-5(9)10/h8H,2-4H2,1H3,(H,7,11)(H,9,10). The van der Waals surface area contributed by atoms with Gasteiger partial charge in [0.1, 0.15) is 0 Å². The Morgan fingerprint density at radius 2 is 2.17 bits per heavy atom. The van der Waals surface area contributed by atoms with Crippen molar-refractivity contribution in [3.63, 3.8) is 0 Å². The molecule has 0 spiro atoms. The molecule has 6 heteroatoms. The fourth-order valence-electron chi connectivity index (χ4n) is 0.493. The Morgan fingerprint density at radius 3 is 2.67 bits per heavy atom. The highest BCUT2D eigenvalue weighted by molar-refractivity contribution is 5.70. The van der Waals surface area contributed by atoms with E-state index < -0.39 is 12.2 Å². The van der Waals surface area contributed by atoms with Crippen LogP contribution in [0.15, 0.2) is 0 Å². The van der Waals surface area contributed by atoms with Crippen molar-refractivity contribution in [1.29, 1.82) is 0 Å². The SMILES string of the molecule is CCCCNC(=O)ONC(=O)O. The molecule has 70 valence electrons. The monoisotopic (exact) mass is 176 g/mol. The van der Waals surface area contributed by atoms with Gasteiger partial charge in [-0.25, -0.2) is 9.59 Å². The third-order valence-electron chi connectivity index (χ3n) is 1.03. The number of carboxylic acid groups (broad SMARTS) is 1. The van der Waals surface area contributed by atoms with Gasteiger partial charge in [0.05, 0.1) is 0 Å². The zero-order valence-corrected chi connectivity index (χ0v) is 6.79. The maximum Gasteiger partial charge on any atom is 0.438 e. The average molecular weight is 176 g/mol. The minimum atomic E-state index is -1.40. The Balaban J connectivity index is 3.28. The molecule has 3 N–H and O–H groups in total. The topological polar surface area (TPSA) is 87.7 Å². The minimum absolute atomic E-state index is 0.483. The molecule has 0 saturated carbocycles. The lowest BCUT2D eigenvalue weighted by Crippen LogP contribution is -2.33. The molecule has 2 amide bonds. The van der Waals surface area contributed by atoms with Gasteiger partial charge in [-0.15, -0.1) is 5.48 Å². The van der Waals surface area contributed by atoms with Crippen LogP contribution in [0.25, 0.3) is 0 Å². The second kappa shape index (κ2) is 6.26. The molecule has 0 aliphatic heterocycles. The van der Waals surface area contributed by atoms with Crippen LogP contribution in [0.2, 0.25) is 0 Å². The zero-order valence-electron chi connectivity index (χ0n) is 6.79. The Bertz CT molecular complexity index is 160. The number of unbranched alkanes of at least 4 members (excludes halogenated alkanes) is 1. The maximum absolute atomic E-state index is 10.6. The molecule has 0 bridgehead atoms. The maximum atomic E-state index is 10.6. The molecule has 0 radical (unpaired) electrons. The summed E-state index contributed by atoms with van der Waals surface area (Å²) in [7, 11) is 0. The van der Waals surface area contributed by atoms with Crippen LogP contribution < -0.4 is 10.8 Å². The number of carbonyl (C=O) groups excluding carboxylic acids is 1. The van der Waals surface area contributed by atoms with Crippen molar-refractivity contribution in [2.75, 3.05) is 6.54 Å². The van der Waals surface area contributed by atoms with Crippen LogP contribution in [0.1, 0.15) is 19.8 Å². The zero-order chi connectivity index (χ0) is 9.40. The van der Waals surface area contributed by atoms with E-state index in [1.807, 2.05) is 6.92 Å². The average Bonchev–Trinajstić information content (AvgIpc) is 2.01. The number of amides is 2. The van der Waals surface area contributed by atoms with Crippen molar-refractivity contribution in [2.24, 2.45) is 0 Å². The molecule has 6 nitrogen and oxygen atoms in total. The normalized spacial score (nSPS) is 8.75. The molecule has 0 unspecified atom stereocenters. The number of nitrogens with one attached hydrogen (secondary N) is 2. The summed E-state index contributed by atoms with van der Waals surface area (Å²) >= 11 is 0. The molecular weight excluding hydrogens is 164 g/mol. The Labute approximate surface area is 69.8 Å². The molecular formula is C6H12N2O4. The summed E-state index contributed by atoms with van der Waals surface area (Å²) in [4.78, 5) is 24.4. The van der Waals surface area contributed by atoms with Gasteiger partial charge in [0.15, 0.2) is 0 Å². The first-order valence-electron chi connectivity index (χ1n) is 3.60. The number of rotatable bonds is 3. The van der Waals surface area contributed by atoms with E-state index in [1.165, 1.54) is 5.48 Å². The first-order valence-corrected chi connectivity index (χ1v) is 3.60. The summed E-state index contributed by atoms with van der Waals surface area (Å²) < 4.78 is 0. The van der Waals surface area contributed by atoms with Gasteiger partial charge in [0.25, 0.3) is 0 Å². The number of hydrogen-bond donors (Lipinski definition) is 3. The minimum Gasteiger partial charge on any atom is -0.463 e. The van der Waals surface area contributed by atoms with Crippen LogP contribution in [0, 0.1) is 0 Å². The van der Waals surface area contributed by atoms with Crippen molar-refractivity contribution < 1.29 is 19.5 Å². The van der Waals surface area contributed by atoms with Crippen LogP contribution in [-0.2, 0) is 4.84 Å². The van der Waals surface area contributed by atoms with Gasteiger partial charge in [-0.1, -0.05) is 13.3 Å². The van der Waals surface area contributed by atoms with Gasteiger partial charge >= 0.3 is 12.2 Å². The molecule has 0 rings (SSSR count). The molecule has 0 aromatic rings.